The summed E-state index contributed by atoms with van der Waals surface area (Å²) in [5, 5.41) is 10.5. The number of rotatable bonds is 2. The maximum Gasteiger partial charge on any atom is 0.0681 e. The van der Waals surface area contributed by atoms with Crippen LogP contribution in [-0.2, 0) is 6.42 Å². The van der Waals surface area contributed by atoms with Gasteiger partial charge in [-0.25, -0.2) is 0 Å². The average molecular weight is 152 g/mol. The summed E-state index contributed by atoms with van der Waals surface area (Å²) in [7, 11) is 0. The van der Waals surface area contributed by atoms with E-state index in [0.29, 0.717) is 0 Å². The number of aromatic nitrogens is 2. The Labute approximate surface area is 65.5 Å². The Balaban J connectivity index is 2.65. The number of aryl methyl sites for hydroxylation is 1. The molecule has 4 nitrogen and oxygen atoms in total. The predicted molar refractivity (Wildman–Crippen MR) is 44.3 cm³/mol. The molecule has 1 aromatic rings. The lowest BCUT2D eigenvalue weighted by atomic mass is 10.2. The largest absolute Gasteiger partial charge is 0.323 e. The highest BCUT2D eigenvalue weighted by Gasteiger charge is 1.98. The van der Waals surface area contributed by atoms with Crippen molar-refractivity contribution in [3.8, 4) is 0 Å². The molecule has 1 heterocycles. The van der Waals surface area contributed by atoms with Gasteiger partial charge in [0, 0.05) is 17.8 Å². The van der Waals surface area contributed by atoms with Gasteiger partial charge in [0.25, 0.3) is 0 Å². The molecule has 0 aliphatic heterocycles. The molecule has 0 spiro atoms. The molecule has 0 atom stereocenters. The number of hydrazone groups is 1. The number of nitrogens with zero attached hydrogens (tertiary/aromatic N) is 2. The van der Waals surface area contributed by atoms with Crippen LogP contribution in [0.25, 0.3) is 0 Å². The second kappa shape index (κ2) is 3.18. The normalized spacial score (nSPS) is 12.0. The molecule has 0 amide bonds. The number of hydrogen-bond acceptors (Lipinski definition) is 3. The van der Waals surface area contributed by atoms with Gasteiger partial charge < -0.3 is 5.84 Å². The number of nitrogens with one attached hydrogen (secondary N) is 1. The Morgan fingerprint density at radius 2 is 2.55 bits per heavy atom. The summed E-state index contributed by atoms with van der Waals surface area (Å²) in [5.74, 6) is 5.08. The van der Waals surface area contributed by atoms with Crippen LogP contribution in [0.1, 0.15) is 18.3 Å². The Kier molecular flexibility index (Phi) is 2.25. The van der Waals surface area contributed by atoms with E-state index in [-0.39, 0.29) is 0 Å². The van der Waals surface area contributed by atoms with Crippen LogP contribution in [0.5, 0.6) is 0 Å². The molecule has 0 unspecified atom stereocenters. The first-order valence-electron chi connectivity index (χ1n) is 3.46. The van der Waals surface area contributed by atoms with Crippen LogP contribution in [0.4, 0.5) is 0 Å². The number of hydrogen-bond donors (Lipinski definition) is 2. The summed E-state index contributed by atoms with van der Waals surface area (Å²) in [6, 6.07) is 1.98. The van der Waals surface area contributed by atoms with Gasteiger partial charge in [0.05, 0.1) is 5.69 Å². The zero-order valence-corrected chi connectivity index (χ0v) is 6.76. The molecular formula is C7H12N4. The molecule has 0 aliphatic carbocycles. The van der Waals surface area contributed by atoms with E-state index in [4.69, 9.17) is 5.84 Å². The third-order valence-electron chi connectivity index (χ3n) is 1.42. The van der Waals surface area contributed by atoms with Gasteiger partial charge in [-0.1, -0.05) is 0 Å². The van der Waals surface area contributed by atoms with Gasteiger partial charge in [-0.3, -0.25) is 5.10 Å². The fraction of sp³-hybridized carbons (Fsp3) is 0.429. The first-order valence-corrected chi connectivity index (χ1v) is 3.46. The minimum Gasteiger partial charge on any atom is -0.323 e. The van der Waals surface area contributed by atoms with E-state index in [0.717, 1.165) is 23.5 Å². The van der Waals surface area contributed by atoms with Gasteiger partial charge in [0.2, 0.25) is 0 Å². The maximum atomic E-state index is 5.08. The lowest BCUT2D eigenvalue weighted by Gasteiger charge is -1.91. The third kappa shape index (κ3) is 2.07. The molecule has 4 heteroatoms. The van der Waals surface area contributed by atoms with Crippen molar-refractivity contribution in [2.45, 2.75) is 20.3 Å². The molecule has 0 saturated heterocycles. The van der Waals surface area contributed by atoms with E-state index in [1.54, 1.807) is 0 Å². The minimum atomic E-state index is 0.723. The van der Waals surface area contributed by atoms with E-state index in [2.05, 4.69) is 15.3 Å². The van der Waals surface area contributed by atoms with Crippen molar-refractivity contribution in [1.29, 1.82) is 0 Å². The van der Waals surface area contributed by atoms with Crippen LogP contribution in [0, 0.1) is 6.92 Å². The second-order valence-electron chi connectivity index (χ2n) is 2.58. The Morgan fingerprint density at radius 1 is 1.82 bits per heavy atom. The Bertz CT molecular complexity index is 261. The number of aromatic amines is 1. The molecule has 60 valence electrons. The first kappa shape index (κ1) is 7.78. The van der Waals surface area contributed by atoms with Gasteiger partial charge in [-0.2, -0.15) is 10.2 Å². The monoisotopic (exact) mass is 152 g/mol. The molecule has 0 fully saturated rings. The molecule has 1 aromatic heterocycles. The topological polar surface area (TPSA) is 67.1 Å². The van der Waals surface area contributed by atoms with E-state index in [1.165, 1.54) is 0 Å². The maximum absolute atomic E-state index is 5.08. The van der Waals surface area contributed by atoms with Crippen molar-refractivity contribution < 1.29 is 0 Å². The molecule has 3 N–H and O–H groups in total. The van der Waals surface area contributed by atoms with Crippen LogP contribution < -0.4 is 5.84 Å². The highest BCUT2D eigenvalue weighted by Crippen LogP contribution is 1.99. The average Bonchev–Trinajstić information content (AvgIpc) is 2.35. The van der Waals surface area contributed by atoms with Gasteiger partial charge in [0.1, 0.15) is 0 Å². The Hall–Kier alpha value is -1.32. The van der Waals surface area contributed by atoms with Crippen LogP contribution in [-0.4, -0.2) is 15.9 Å². The van der Waals surface area contributed by atoms with Gasteiger partial charge in [-0.15, -0.1) is 0 Å². The molecule has 0 saturated carbocycles. The van der Waals surface area contributed by atoms with Crippen molar-refractivity contribution in [2.24, 2.45) is 10.9 Å². The zero-order chi connectivity index (χ0) is 8.27. The lowest BCUT2D eigenvalue weighted by molar-refractivity contribution is 0.995. The number of nitrogens with two attached hydrogens (primary N) is 1. The highest BCUT2D eigenvalue weighted by atomic mass is 15.1. The quantitative estimate of drug-likeness (QED) is 0.370. The number of H-pyrrole nitrogens is 1. The molecule has 0 aliphatic rings. The van der Waals surface area contributed by atoms with Gasteiger partial charge in [0.15, 0.2) is 0 Å². The standard InChI is InChI=1S/C7H12N4/c1-5(9-8)3-7-4-6(2)10-11-7/h4H,3,8H2,1-2H3,(H,10,11). The van der Waals surface area contributed by atoms with Crippen molar-refractivity contribution in [1.82, 2.24) is 10.2 Å². The molecule has 1 rings (SSSR count). The van der Waals surface area contributed by atoms with E-state index in [1.807, 2.05) is 19.9 Å². The molecule has 0 radical (unpaired) electrons. The van der Waals surface area contributed by atoms with Crippen molar-refractivity contribution in [3.63, 3.8) is 0 Å². The molecule has 0 bridgehead atoms. The first-order chi connectivity index (χ1) is 5.22. The van der Waals surface area contributed by atoms with Gasteiger partial charge >= 0.3 is 0 Å². The lowest BCUT2D eigenvalue weighted by Crippen LogP contribution is -2.01. The fourth-order valence-electron chi connectivity index (χ4n) is 0.873. The highest BCUT2D eigenvalue weighted by molar-refractivity contribution is 5.83. The zero-order valence-electron chi connectivity index (χ0n) is 6.76. The summed E-state index contributed by atoms with van der Waals surface area (Å²) in [5.41, 5.74) is 2.93. The predicted octanol–water partition coefficient (Wildman–Crippen LogP) is 0.595. The van der Waals surface area contributed by atoms with E-state index >= 15 is 0 Å². The Morgan fingerprint density at radius 3 is 3.00 bits per heavy atom. The van der Waals surface area contributed by atoms with Crippen molar-refractivity contribution in [2.75, 3.05) is 0 Å². The van der Waals surface area contributed by atoms with Crippen LogP contribution in [0.3, 0.4) is 0 Å². The third-order valence-corrected chi connectivity index (χ3v) is 1.42. The van der Waals surface area contributed by atoms with Crippen molar-refractivity contribution in [3.05, 3.63) is 17.5 Å². The summed E-state index contributed by atoms with van der Waals surface area (Å²) < 4.78 is 0. The SMILES string of the molecule is CC(Cc1cc(C)[nH]n1)=NN. The smallest absolute Gasteiger partial charge is 0.0681 e. The van der Waals surface area contributed by atoms with Crippen LogP contribution in [0.2, 0.25) is 0 Å². The van der Waals surface area contributed by atoms with Crippen molar-refractivity contribution >= 4 is 5.71 Å². The van der Waals surface area contributed by atoms with Crippen LogP contribution >= 0.6 is 0 Å². The second-order valence-corrected chi connectivity index (χ2v) is 2.58. The van der Waals surface area contributed by atoms with Gasteiger partial charge in [-0.05, 0) is 19.9 Å². The summed E-state index contributed by atoms with van der Waals surface area (Å²) in [4.78, 5) is 0. The van der Waals surface area contributed by atoms with E-state index < -0.39 is 0 Å². The summed E-state index contributed by atoms with van der Waals surface area (Å²) >= 11 is 0. The minimum absolute atomic E-state index is 0.723. The molecular weight excluding hydrogens is 140 g/mol. The summed E-state index contributed by atoms with van der Waals surface area (Å²) in [6.45, 7) is 3.84. The summed E-state index contributed by atoms with van der Waals surface area (Å²) in [6.07, 6.45) is 0.723. The van der Waals surface area contributed by atoms with Crippen LogP contribution in [0.15, 0.2) is 11.2 Å². The van der Waals surface area contributed by atoms with E-state index in [9.17, 15) is 0 Å². The fourth-order valence-corrected chi connectivity index (χ4v) is 0.873. The molecule has 11 heavy (non-hydrogen) atoms. The molecule has 0 aromatic carbocycles.